The van der Waals surface area contributed by atoms with E-state index >= 15 is 0 Å². The Bertz CT molecular complexity index is 350. The number of ether oxygens (including phenoxy) is 1. The molecule has 0 heterocycles. The molecule has 0 spiro atoms. The number of para-hydroxylation sites is 1. The lowest BCUT2D eigenvalue weighted by atomic mass is 10.1. The molecule has 0 fully saturated rings. The molecule has 1 atom stereocenters. The van der Waals surface area contributed by atoms with E-state index in [-0.39, 0.29) is 12.1 Å². The van der Waals surface area contributed by atoms with Gasteiger partial charge in [0, 0.05) is 12.7 Å². The minimum absolute atomic E-state index is 0.0255. The number of carbonyl (C=O) groups is 1. The number of hydrogen-bond acceptors (Lipinski definition) is 3. The maximum atomic E-state index is 11.8. The molecule has 3 heteroatoms. The minimum atomic E-state index is -0.258. The largest absolute Gasteiger partial charge is 0.459 e. The summed E-state index contributed by atoms with van der Waals surface area (Å²) in [6.45, 7) is 4.00. The lowest BCUT2D eigenvalue weighted by Crippen LogP contribution is -2.15. The second-order valence-corrected chi connectivity index (χ2v) is 3.80. The molecule has 1 rings (SSSR count). The summed E-state index contributed by atoms with van der Waals surface area (Å²) in [5.41, 5.74) is 1.39. The second kappa shape index (κ2) is 6.16. The van der Waals surface area contributed by atoms with Gasteiger partial charge in [0.25, 0.3) is 0 Å². The molecule has 0 radical (unpaired) electrons. The lowest BCUT2D eigenvalue weighted by molar-refractivity contribution is 0.0324. The maximum Gasteiger partial charge on any atom is 0.340 e. The summed E-state index contributed by atoms with van der Waals surface area (Å²) in [6, 6.07) is 7.36. The van der Waals surface area contributed by atoms with Crippen LogP contribution in [0.5, 0.6) is 0 Å². The highest BCUT2D eigenvalue weighted by Gasteiger charge is 2.14. The summed E-state index contributed by atoms with van der Waals surface area (Å²) in [5, 5.41) is 2.98. The Morgan fingerprint density at radius 1 is 1.44 bits per heavy atom. The van der Waals surface area contributed by atoms with Crippen LogP contribution < -0.4 is 5.32 Å². The van der Waals surface area contributed by atoms with E-state index in [9.17, 15) is 4.79 Å². The predicted octanol–water partition coefficient (Wildman–Crippen LogP) is 3.07. The van der Waals surface area contributed by atoms with Crippen LogP contribution in [0.1, 0.15) is 37.0 Å². The molecule has 0 aromatic heterocycles. The van der Waals surface area contributed by atoms with Crippen LogP contribution in [0.4, 0.5) is 5.69 Å². The van der Waals surface area contributed by atoms with Gasteiger partial charge in [-0.15, -0.1) is 0 Å². The number of rotatable bonds is 5. The molecule has 3 nitrogen and oxygen atoms in total. The Balaban J connectivity index is 2.72. The fourth-order valence-corrected chi connectivity index (χ4v) is 1.59. The summed E-state index contributed by atoms with van der Waals surface area (Å²) >= 11 is 0. The zero-order valence-electron chi connectivity index (χ0n) is 10.1. The zero-order valence-corrected chi connectivity index (χ0v) is 10.1. The molecule has 1 aromatic carbocycles. The van der Waals surface area contributed by atoms with Crippen molar-refractivity contribution in [1.82, 2.24) is 0 Å². The van der Waals surface area contributed by atoms with Crippen LogP contribution in [-0.2, 0) is 4.74 Å². The van der Waals surface area contributed by atoms with Crippen molar-refractivity contribution in [2.45, 2.75) is 32.8 Å². The molecule has 0 aliphatic heterocycles. The third-order valence-corrected chi connectivity index (χ3v) is 2.42. The van der Waals surface area contributed by atoms with Crippen molar-refractivity contribution in [3.8, 4) is 0 Å². The smallest absolute Gasteiger partial charge is 0.340 e. The third-order valence-electron chi connectivity index (χ3n) is 2.42. The molecule has 0 saturated carbocycles. The van der Waals surface area contributed by atoms with Crippen molar-refractivity contribution >= 4 is 11.7 Å². The first-order valence-electron chi connectivity index (χ1n) is 5.66. The first kappa shape index (κ1) is 12.6. The first-order chi connectivity index (χ1) is 7.69. The highest BCUT2D eigenvalue weighted by atomic mass is 16.5. The van der Waals surface area contributed by atoms with Gasteiger partial charge in [-0.3, -0.25) is 0 Å². The van der Waals surface area contributed by atoms with E-state index in [0.717, 1.165) is 18.5 Å². The predicted molar refractivity (Wildman–Crippen MR) is 65.8 cm³/mol. The minimum Gasteiger partial charge on any atom is -0.459 e. The average molecular weight is 221 g/mol. The van der Waals surface area contributed by atoms with Crippen LogP contribution in [0.2, 0.25) is 0 Å². The van der Waals surface area contributed by atoms with Gasteiger partial charge in [-0.05, 0) is 25.5 Å². The Morgan fingerprint density at radius 2 is 2.12 bits per heavy atom. The van der Waals surface area contributed by atoms with Gasteiger partial charge >= 0.3 is 5.97 Å². The van der Waals surface area contributed by atoms with E-state index < -0.39 is 0 Å². The molecule has 1 aromatic rings. The van der Waals surface area contributed by atoms with Crippen LogP contribution in [0.3, 0.4) is 0 Å². The van der Waals surface area contributed by atoms with E-state index in [2.05, 4.69) is 12.2 Å². The van der Waals surface area contributed by atoms with Crippen LogP contribution in [0.25, 0.3) is 0 Å². The fourth-order valence-electron chi connectivity index (χ4n) is 1.59. The molecule has 16 heavy (non-hydrogen) atoms. The van der Waals surface area contributed by atoms with E-state index in [1.54, 1.807) is 13.1 Å². The highest BCUT2D eigenvalue weighted by Crippen LogP contribution is 2.16. The molecule has 0 bridgehead atoms. The van der Waals surface area contributed by atoms with E-state index in [4.69, 9.17) is 4.74 Å². The van der Waals surface area contributed by atoms with Gasteiger partial charge in [0.05, 0.1) is 11.7 Å². The van der Waals surface area contributed by atoms with Gasteiger partial charge in [0.1, 0.15) is 0 Å². The number of anilines is 1. The van der Waals surface area contributed by atoms with E-state index in [1.165, 1.54) is 0 Å². The number of benzene rings is 1. The molecule has 0 amide bonds. The van der Waals surface area contributed by atoms with Crippen molar-refractivity contribution in [1.29, 1.82) is 0 Å². The summed E-state index contributed by atoms with van der Waals surface area (Å²) < 4.78 is 5.34. The average Bonchev–Trinajstić information content (AvgIpc) is 2.29. The summed E-state index contributed by atoms with van der Waals surface area (Å²) in [7, 11) is 1.79. The number of esters is 1. The Hall–Kier alpha value is -1.51. The summed E-state index contributed by atoms with van der Waals surface area (Å²) in [4.78, 5) is 11.8. The second-order valence-electron chi connectivity index (χ2n) is 3.80. The Labute approximate surface area is 96.8 Å². The summed E-state index contributed by atoms with van der Waals surface area (Å²) in [5.74, 6) is -0.258. The van der Waals surface area contributed by atoms with Crippen LogP contribution in [0, 0.1) is 0 Å². The SMILES string of the molecule is CCCC(C)OC(=O)c1ccccc1NC. The third kappa shape index (κ3) is 3.26. The molecule has 1 N–H and O–H groups in total. The zero-order chi connectivity index (χ0) is 12.0. The lowest BCUT2D eigenvalue weighted by Gasteiger charge is -2.13. The standard InChI is InChI=1S/C13H19NO2/c1-4-7-10(2)16-13(15)11-8-5-6-9-12(11)14-3/h5-6,8-10,14H,4,7H2,1-3H3. The van der Waals surface area contributed by atoms with Crippen molar-refractivity contribution in [2.24, 2.45) is 0 Å². The van der Waals surface area contributed by atoms with Crippen molar-refractivity contribution in [2.75, 3.05) is 12.4 Å². The molecule has 0 aliphatic carbocycles. The summed E-state index contributed by atoms with van der Waals surface area (Å²) in [6.07, 6.45) is 1.89. The Morgan fingerprint density at radius 3 is 2.75 bits per heavy atom. The monoisotopic (exact) mass is 221 g/mol. The first-order valence-corrected chi connectivity index (χ1v) is 5.66. The van der Waals surface area contributed by atoms with Crippen molar-refractivity contribution < 1.29 is 9.53 Å². The van der Waals surface area contributed by atoms with Crippen LogP contribution in [-0.4, -0.2) is 19.1 Å². The van der Waals surface area contributed by atoms with Crippen LogP contribution in [0.15, 0.2) is 24.3 Å². The number of nitrogens with one attached hydrogen (secondary N) is 1. The maximum absolute atomic E-state index is 11.8. The van der Waals surface area contributed by atoms with Gasteiger partial charge in [-0.25, -0.2) is 4.79 Å². The molecular formula is C13H19NO2. The van der Waals surface area contributed by atoms with Gasteiger partial charge in [-0.2, -0.15) is 0 Å². The molecular weight excluding hydrogens is 202 g/mol. The van der Waals surface area contributed by atoms with Gasteiger partial charge in [-0.1, -0.05) is 25.5 Å². The van der Waals surface area contributed by atoms with Crippen molar-refractivity contribution in [3.05, 3.63) is 29.8 Å². The molecule has 88 valence electrons. The van der Waals surface area contributed by atoms with Crippen molar-refractivity contribution in [3.63, 3.8) is 0 Å². The topological polar surface area (TPSA) is 38.3 Å². The van der Waals surface area contributed by atoms with Crippen LogP contribution >= 0.6 is 0 Å². The molecule has 0 aliphatic rings. The quantitative estimate of drug-likeness (QED) is 0.776. The molecule has 1 unspecified atom stereocenters. The number of carbonyl (C=O) groups excluding carboxylic acids is 1. The normalized spacial score (nSPS) is 11.9. The van der Waals surface area contributed by atoms with Gasteiger partial charge in [0.2, 0.25) is 0 Å². The fraction of sp³-hybridized carbons (Fsp3) is 0.462. The molecule has 0 saturated heterocycles. The number of hydrogen-bond donors (Lipinski definition) is 1. The van der Waals surface area contributed by atoms with E-state index in [0.29, 0.717) is 5.56 Å². The van der Waals surface area contributed by atoms with E-state index in [1.807, 2.05) is 25.1 Å². The Kier molecular flexibility index (Phi) is 4.83. The van der Waals surface area contributed by atoms with Gasteiger partial charge in [0.15, 0.2) is 0 Å². The highest BCUT2D eigenvalue weighted by molar-refractivity contribution is 5.95. The van der Waals surface area contributed by atoms with Gasteiger partial charge < -0.3 is 10.1 Å².